The molecule has 0 spiro atoms. The third-order valence-electron chi connectivity index (χ3n) is 2.79. The molecule has 7 heteroatoms. The van der Waals surface area contributed by atoms with Gasteiger partial charge in [-0.25, -0.2) is 9.98 Å². The summed E-state index contributed by atoms with van der Waals surface area (Å²) in [6.07, 6.45) is 1.73. The van der Waals surface area contributed by atoms with Crippen molar-refractivity contribution in [3.05, 3.63) is 29.0 Å². The fourth-order valence-electron chi connectivity index (χ4n) is 1.38. The van der Waals surface area contributed by atoms with E-state index in [1.54, 1.807) is 19.4 Å². The van der Waals surface area contributed by atoms with E-state index < -0.39 is 0 Å². The molecule has 2 N–H and O–H groups in total. The zero-order valence-electron chi connectivity index (χ0n) is 12.9. The third kappa shape index (κ3) is 8.43. The number of ether oxygens (including phenoxy) is 1. The summed E-state index contributed by atoms with van der Waals surface area (Å²) in [6, 6.07) is 3.68. The number of methoxy groups -OCH3 is 1. The smallest absolute Gasteiger partial charge is 0.191 e. The highest BCUT2D eigenvalue weighted by Gasteiger charge is 2.16. The van der Waals surface area contributed by atoms with Crippen LogP contribution >= 0.6 is 35.6 Å². The number of halogens is 2. The Morgan fingerprint density at radius 1 is 1.38 bits per heavy atom. The van der Waals surface area contributed by atoms with E-state index in [2.05, 4.69) is 20.6 Å². The molecule has 1 heterocycles. The summed E-state index contributed by atoms with van der Waals surface area (Å²) in [6.45, 7) is 8.10. The van der Waals surface area contributed by atoms with E-state index in [1.807, 2.05) is 26.8 Å². The van der Waals surface area contributed by atoms with Crippen molar-refractivity contribution in [1.82, 2.24) is 15.6 Å². The first kappa shape index (κ1) is 20.4. The molecule has 0 radical (unpaired) electrons. The molecule has 1 rings (SSSR count). The third-order valence-corrected chi connectivity index (χ3v) is 3.01. The van der Waals surface area contributed by atoms with E-state index in [-0.39, 0.29) is 29.6 Å². The van der Waals surface area contributed by atoms with Crippen LogP contribution in [0.15, 0.2) is 23.3 Å². The van der Waals surface area contributed by atoms with Gasteiger partial charge in [0.2, 0.25) is 0 Å². The van der Waals surface area contributed by atoms with Gasteiger partial charge in [0.05, 0.1) is 12.1 Å². The quantitative estimate of drug-likeness (QED) is 0.318. The summed E-state index contributed by atoms with van der Waals surface area (Å²) in [5.74, 6) is 0.757. The molecule has 21 heavy (non-hydrogen) atoms. The number of hydrogen-bond donors (Lipinski definition) is 2. The summed E-state index contributed by atoms with van der Waals surface area (Å²) in [5.41, 5.74) is 0.774. The fraction of sp³-hybridized carbons (Fsp3) is 0.571. The van der Waals surface area contributed by atoms with Crippen LogP contribution in [0.25, 0.3) is 0 Å². The van der Waals surface area contributed by atoms with Crippen LogP contribution in [0.2, 0.25) is 5.15 Å². The van der Waals surface area contributed by atoms with Crippen LogP contribution in [0.5, 0.6) is 0 Å². The molecule has 0 aliphatic heterocycles. The zero-order chi connectivity index (χ0) is 15.0. The molecule has 0 atom stereocenters. The van der Waals surface area contributed by atoms with E-state index in [4.69, 9.17) is 16.3 Å². The van der Waals surface area contributed by atoms with Gasteiger partial charge >= 0.3 is 0 Å². The molecule has 5 nitrogen and oxygen atoms in total. The van der Waals surface area contributed by atoms with Gasteiger partial charge in [0.1, 0.15) is 5.15 Å². The number of nitrogens with one attached hydrogen (secondary N) is 2. The van der Waals surface area contributed by atoms with Crippen LogP contribution < -0.4 is 10.6 Å². The summed E-state index contributed by atoms with van der Waals surface area (Å²) in [4.78, 5) is 8.54. The van der Waals surface area contributed by atoms with E-state index in [9.17, 15) is 0 Å². The van der Waals surface area contributed by atoms with Crippen molar-refractivity contribution >= 4 is 41.5 Å². The minimum atomic E-state index is -0.238. The van der Waals surface area contributed by atoms with Gasteiger partial charge in [-0.15, -0.1) is 24.0 Å². The molecule has 0 saturated heterocycles. The first-order valence-corrected chi connectivity index (χ1v) is 7.02. The molecule has 0 aromatic carbocycles. The van der Waals surface area contributed by atoms with Crippen molar-refractivity contribution in [2.75, 3.05) is 20.2 Å². The van der Waals surface area contributed by atoms with Crippen LogP contribution in [0.1, 0.15) is 26.3 Å². The van der Waals surface area contributed by atoms with Gasteiger partial charge in [0.25, 0.3) is 0 Å². The number of aromatic nitrogens is 1. The Bertz CT molecular complexity index is 437. The lowest BCUT2D eigenvalue weighted by Gasteiger charge is -2.24. The molecule has 0 unspecified atom stereocenters. The van der Waals surface area contributed by atoms with Gasteiger partial charge in [-0.05, 0) is 32.4 Å². The summed E-state index contributed by atoms with van der Waals surface area (Å²) in [7, 11) is 1.70. The van der Waals surface area contributed by atoms with Crippen LogP contribution in [-0.4, -0.2) is 36.7 Å². The molecular formula is C14H24ClIN4O. The van der Waals surface area contributed by atoms with Crippen LogP contribution in [0.4, 0.5) is 0 Å². The Hall–Kier alpha value is -0.600. The lowest BCUT2D eigenvalue weighted by molar-refractivity contribution is 0.0268. The molecule has 0 aliphatic carbocycles. The standard InChI is InChI=1S/C14H23ClN4O.HI/c1-5-16-13(19-10-14(2,3)20-4)18-9-11-6-7-12(15)17-8-11;/h6-8H,5,9-10H2,1-4H3,(H2,16,18,19);1H. The Kier molecular flexibility index (Phi) is 9.89. The molecule has 0 fully saturated rings. The van der Waals surface area contributed by atoms with E-state index >= 15 is 0 Å². The average Bonchev–Trinajstić information content (AvgIpc) is 2.44. The Balaban J connectivity index is 0.00000400. The highest BCUT2D eigenvalue weighted by Crippen LogP contribution is 2.07. The van der Waals surface area contributed by atoms with Gasteiger partial charge in [-0.2, -0.15) is 0 Å². The summed E-state index contributed by atoms with van der Waals surface area (Å²) in [5, 5.41) is 6.95. The highest BCUT2D eigenvalue weighted by molar-refractivity contribution is 14.0. The van der Waals surface area contributed by atoms with Crippen molar-refractivity contribution < 1.29 is 4.74 Å². The van der Waals surface area contributed by atoms with Crippen molar-refractivity contribution in [2.45, 2.75) is 32.9 Å². The minimum absolute atomic E-state index is 0. The molecule has 0 bridgehead atoms. The minimum Gasteiger partial charge on any atom is -0.377 e. The SMILES string of the molecule is CCNC(=NCc1ccc(Cl)nc1)NCC(C)(C)OC.I. The molecule has 120 valence electrons. The predicted molar refractivity (Wildman–Crippen MR) is 98.6 cm³/mol. The number of pyridine rings is 1. The second kappa shape index (κ2) is 10.2. The molecule has 0 saturated carbocycles. The second-order valence-corrected chi connectivity index (χ2v) is 5.39. The Morgan fingerprint density at radius 2 is 2.10 bits per heavy atom. The number of aliphatic imine (C=N–C) groups is 1. The van der Waals surface area contributed by atoms with Crippen molar-refractivity contribution in [1.29, 1.82) is 0 Å². The van der Waals surface area contributed by atoms with Gasteiger partial charge in [-0.3, -0.25) is 0 Å². The second-order valence-electron chi connectivity index (χ2n) is 5.00. The van der Waals surface area contributed by atoms with Crippen molar-refractivity contribution in [2.24, 2.45) is 4.99 Å². The van der Waals surface area contributed by atoms with E-state index in [0.717, 1.165) is 18.1 Å². The van der Waals surface area contributed by atoms with Gasteiger partial charge in [0.15, 0.2) is 5.96 Å². The Labute approximate surface area is 148 Å². The first-order chi connectivity index (χ1) is 9.46. The van der Waals surface area contributed by atoms with Crippen LogP contribution in [-0.2, 0) is 11.3 Å². The number of rotatable bonds is 6. The monoisotopic (exact) mass is 426 g/mol. The van der Waals surface area contributed by atoms with Crippen molar-refractivity contribution in [3.63, 3.8) is 0 Å². The Morgan fingerprint density at radius 3 is 2.62 bits per heavy atom. The maximum absolute atomic E-state index is 5.75. The molecule has 0 amide bonds. The number of guanidine groups is 1. The lowest BCUT2D eigenvalue weighted by Crippen LogP contribution is -2.45. The largest absolute Gasteiger partial charge is 0.377 e. The predicted octanol–water partition coefficient (Wildman–Crippen LogP) is 2.83. The molecular weight excluding hydrogens is 403 g/mol. The maximum Gasteiger partial charge on any atom is 0.191 e. The maximum atomic E-state index is 5.75. The van der Waals surface area contributed by atoms with Crippen molar-refractivity contribution in [3.8, 4) is 0 Å². The molecule has 0 aliphatic rings. The number of hydrogen-bond acceptors (Lipinski definition) is 3. The average molecular weight is 427 g/mol. The summed E-state index contributed by atoms with van der Waals surface area (Å²) < 4.78 is 5.37. The van der Waals surface area contributed by atoms with Gasteiger partial charge in [0, 0.05) is 26.4 Å². The molecule has 1 aromatic rings. The van der Waals surface area contributed by atoms with E-state index in [0.29, 0.717) is 18.2 Å². The van der Waals surface area contributed by atoms with Crippen LogP contribution in [0.3, 0.4) is 0 Å². The molecule has 1 aromatic heterocycles. The normalized spacial score (nSPS) is 11.8. The fourth-order valence-corrected chi connectivity index (χ4v) is 1.49. The van der Waals surface area contributed by atoms with Crippen LogP contribution in [0, 0.1) is 0 Å². The van der Waals surface area contributed by atoms with E-state index in [1.165, 1.54) is 0 Å². The van der Waals surface area contributed by atoms with Gasteiger partial charge in [-0.1, -0.05) is 17.7 Å². The summed E-state index contributed by atoms with van der Waals surface area (Å²) >= 11 is 5.75. The zero-order valence-corrected chi connectivity index (χ0v) is 16.0. The van der Waals surface area contributed by atoms with Gasteiger partial charge < -0.3 is 15.4 Å². The topological polar surface area (TPSA) is 58.5 Å². The first-order valence-electron chi connectivity index (χ1n) is 6.64. The highest BCUT2D eigenvalue weighted by atomic mass is 127. The number of nitrogens with zero attached hydrogens (tertiary/aromatic N) is 2. The lowest BCUT2D eigenvalue weighted by atomic mass is 10.1.